The van der Waals surface area contributed by atoms with Crippen molar-refractivity contribution in [3.63, 3.8) is 0 Å². The maximum absolute atomic E-state index is 12.6. The Morgan fingerprint density at radius 3 is 1.76 bits per heavy atom. The van der Waals surface area contributed by atoms with Gasteiger partial charge in [0.1, 0.15) is 34.4 Å². The van der Waals surface area contributed by atoms with Gasteiger partial charge in [0.15, 0.2) is 0 Å². The van der Waals surface area contributed by atoms with Crippen LogP contribution >= 0.6 is 11.8 Å². The first kappa shape index (κ1) is 26.7. The van der Waals surface area contributed by atoms with Crippen LogP contribution in [-0.2, 0) is 4.79 Å². The molecular formula is C28H28N4O5S. The van der Waals surface area contributed by atoms with Crippen LogP contribution in [0.5, 0.6) is 23.0 Å². The van der Waals surface area contributed by atoms with Crippen molar-refractivity contribution in [2.75, 3.05) is 39.5 Å². The van der Waals surface area contributed by atoms with Crippen molar-refractivity contribution in [2.45, 2.75) is 11.6 Å². The minimum atomic E-state index is -0.147. The smallest absolute Gasteiger partial charge is 0.225 e. The van der Waals surface area contributed by atoms with E-state index in [4.69, 9.17) is 23.9 Å². The highest BCUT2D eigenvalue weighted by atomic mass is 32.2. The fourth-order valence-electron chi connectivity index (χ4n) is 3.60. The molecule has 0 atom stereocenters. The van der Waals surface area contributed by atoms with Gasteiger partial charge in [-0.25, -0.2) is 4.98 Å². The van der Waals surface area contributed by atoms with Crippen molar-refractivity contribution in [1.29, 1.82) is 0 Å². The molecule has 0 aliphatic carbocycles. The van der Waals surface area contributed by atoms with E-state index in [0.29, 0.717) is 39.5 Å². The lowest BCUT2D eigenvalue weighted by atomic mass is 10.0. The van der Waals surface area contributed by atoms with E-state index in [1.54, 1.807) is 46.6 Å². The van der Waals surface area contributed by atoms with Gasteiger partial charge in [-0.3, -0.25) is 4.79 Å². The SMILES string of the molecule is COc1ccc(-c2nnc(SCCC(=O)Nc3cc(OC)cc(OC)c3)nc2-c2ccc(OC)cc2)cc1. The summed E-state index contributed by atoms with van der Waals surface area (Å²) in [6.07, 6.45) is 0.256. The average Bonchev–Trinajstić information content (AvgIpc) is 2.97. The number of aromatic nitrogens is 3. The average molecular weight is 533 g/mol. The van der Waals surface area contributed by atoms with Gasteiger partial charge in [-0.15, -0.1) is 10.2 Å². The van der Waals surface area contributed by atoms with E-state index in [-0.39, 0.29) is 12.3 Å². The maximum atomic E-state index is 12.6. The van der Waals surface area contributed by atoms with Gasteiger partial charge in [0, 0.05) is 47.2 Å². The van der Waals surface area contributed by atoms with Gasteiger partial charge < -0.3 is 24.3 Å². The van der Waals surface area contributed by atoms with Gasteiger partial charge in [-0.1, -0.05) is 11.8 Å². The third-order valence-corrected chi connectivity index (χ3v) is 6.43. The maximum Gasteiger partial charge on any atom is 0.225 e. The van der Waals surface area contributed by atoms with Crippen LogP contribution in [0.2, 0.25) is 0 Å². The zero-order valence-electron chi connectivity index (χ0n) is 21.6. The molecule has 0 fully saturated rings. The van der Waals surface area contributed by atoms with Gasteiger partial charge in [-0.05, 0) is 48.5 Å². The predicted octanol–water partition coefficient (Wildman–Crippen LogP) is 5.36. The van der Waals surface area contributed by atoms with E-state index >= 15 is 0 Å². The number of benzene rings is 3. The monoisotopic (exact) mass is 532 g/mol. The molecule has 1 amide bonds. The molecule has 3 aromatic carbocycles. The van der Waals surface area contributed by atoms with Crippen LogP contribution in [0, 0.1) is 0 Å². The van der Waals surface area contributed by atoms with Crippen LogP contribution in [0.4, 0.5) is 5.69 Å². The number of hydrogen-bond acceptors (Lipinski definition) is 9. The summed E-state index contributed by atoms with van der Waals surface area (Å²) in [7, 11) is 6.37. The van der Waals surface area contributed by atoms with Crippen LogP contribution in [0.1, 0.15) is 6.42 Å². The quantitative estimate of drug-likeness (QED) is 0.256. The number of ether oxygens (including phenoxy) is 4. The molecule has 9 nitrogen and oxygen atoms in total. The Morgan fingerprint density at radius 2 is 1.24 bits per heavy atom. The number of carbonyl (C=O) groups is 1. The van der Waals surface area contributed by atoms with Crippen molar-refractivity contribution in [1.82, 2.24) is 15.2 Å². The summed E-state index contributed by atoms with van der Waals surface area (Å²) in [6, 6.07) is 20.4. The van der Waals surface area contributed by atoms with Crippen LogP contribution in [-0.4, -0.2) is 55.3 Å². The predicted molar refractivity (Wildman–Crippen MR) is 147 cm³/mol. The second kappa shape index (κ2) is 12.8. The van der Waals surface area contributed by atoms with Crippen LogP contribution in [0.15, 0.2) is 71.9 Å². The Morgan fingerprint density at radius 1 is 0.711 bits per heavy atom. The summed E-state index contributed by atoms with van der Waals surface area (Å²) in [6.45, 7) is 0. The van der Waals surface area contributed by atoms with Gasteiger partial charge in [0.25, 0.3) is 0 Å². The number of rotatable bonds is 11. The molecule has 38 heavy (non-hydrogen) atoms. The zero-order valence-corrected chi connectivity index (χ0v) is 22.4. The minimum absolute atomic E-state index is 0.147. The number of amides is 1. The highest BCUT2D eigenvalue weighted by Gasteiger charge is 2.15. The second-order valence-electron chi connectivity index (χ2n) is 8.00. The molecule has 4 aromatic rings. The van der Waals surface area contributed by atoms with Crippen molar-refractivity contribution in [3.8, 4) is 45.5 Å². The molecule has 4 rings (SSSR count). The molecule has 0 aliphatic rings. The molecule has 1 N–H and O–H groups in total. The van der Waals surface area contributed by atoms with E-state index in [1.807, 2.05) is 48.5 Å². The van der Waals surface area contributed by atoms with E-state index in [9.17, 15) is 4.79 Å². The van der Waals surface area contributed by atoms with Crippen molar-refractivity contribution in [3.05, 3.63) is 66.7 Å². The first-order valence-electron chi connectivity index (χ1n) is 11.7. The van der Waals surface area contributed by atoms with Crippen molar-refractivity contribution in [2.24, 2.45) is 0 Å². The standard InChI is InChI=1S/C28H28N4O5S/c1-34-21-9-5-18(6-10-21)26-27(19-7-11-22(35-2)12-8-19)31-32-28(30-26)38-14-13-25(33)29-20-15-23(36-3)17-24(16-20)37-4/h5-12,15-17H,13-14H2,1-4H3,(H,29,33). The Bertz CT molecular complexity index is 1360. The minimum Gasteiger partial charge on any atom is -0.497 e. The molecule has 10 heteroatoms. The third kappa shape index (κ3) is 6.71. The number of anilines is 1. The lowest BCUT2D eigenvalue weighted by Crippen LogP contribution is -2.12. The fourth-order valence-corrected chi connectivity index (χ4v) is 4.33. The largest absolute Gasteiger partial charge is 0.497 e. The summed E-state index contributed by atoms with van der Waals surface area (Å²) in [5.41, 5.74) is 3.66. The highest BCUT2D eigenvalue weighted by molar-refractivity contribution is 7.99. The van der Waals surface area contributed by atoms with Crippen molar-refractivity contribution < 1.29 is 23.7 Å². The number of methoxy groups -OCH3 is 4. The summed E-state index contributed by atoms with van der Waals surface area (Å²) in [4.78, 5) is 17.4. The number of carbonyl (C=O) groups excluding carboxylic acids is 1. The lowest BCUT2D eigenvalue weighted by Gasteiger charge is -2.11. The molecule has 196 valence electrons. The van der Waals surface area contributed by atoms with Gasteiger partial charge in [0.05, 0.1) is 28.4 Å². The molecule has 0 bridgehead atoms. The second-order valence-corrected chi connectivity index (χ2v) is 9.06. The van der Waals surface area contributed by atoms with Gasteiger partial charge in [0.2, 0.25) is 11.1 Å². The van der Waals surface area contributed by atoms with Crippen molar-refractivity contribution >= 4 is 23.4 Å². The number of nitrogens with one attached hydrogen (secondary N) is 1. The molecule has 0 radical (unpaired) electrons. The Kier molecular flexibility index (Phi) is 8.99. The van der Waals surface area contributed by atoms with E-state index < -0.39 is 0 Å². The zero-order chi connectivity index (χ0) is 26.9. The third-order valence-electron chi connectivity index (χ3n) is 5.59. The van der Waals surface area contributed by atoms with Crippen LogP contribution < -0.4 is 24.3 Å². The summed E-state index contributed by atoms with van der Waals surface area (Å²) in [5, 5.41) is 12.2. The first-order valence-corrected chi connectivity index (χ1v) is 12.7. The summed E-state index contributed by atoms with van der Waals surface area (Å²) < 4.78 is 21.1. The number of thioether (sulfide) groups is 1. The normalized spacial score (nSPS) is 10.5. The summed E-state index contributed by atoms with van der Waals surface area (Å²) in [5.74, 6) is 3.01. The lowest BCUT2D eigenvalue weighted by molar-refractivity contribution is -0.115. The van der Waals surface area contributed by atoms with Crippen LogP contribution in [0.3, 0.4) is 0 Å². The molecular weight excluding hydrogens is 504 g/mol. The van der Waals surface area contributed by atoms with E-state index in [1.165, 1.54) is 11.8 Å². The van der Waals surface area contributed by atoms with Crippen LogP contribution in [0.25, 0.3) is 22.5 Å². The highest BCUT2D eigenvalue weighted by Crippen LogP contribution is 2.32. The van der Waals surface area contributed by atoms with Gasteiger partial charge >= 0.3 is 0 Å². The number of nitrogens with zero attached hydrogens (tertiary/aromatic N) is 3. The summed E-state index contributed by atoms with van der Waals surface area (Å²) >= 11 is 1.36. The Hall–Kier alpha value is -4.31. The topological polar surface area (TPSA) is 105 Å². The molecule has 0 unspecified atom stereocenters. The first-order chi connectivity index (χ1) is 18.5. The Labute approximate surface area is 225 Å². The Balaban J connectivity index is 1.49. The van der Waals surface area contributed by atoms with E-state index in [2.05, 4.69) is 15.5 Å². The number of hydrogen-bond donors (Lipinski definition) is 1. The molecule has 1 heterocycles. The van der Waals surface area contributed by atoms with Gasteiger partial charge in [-0.2, -0.15) is 0 Å². The molecule has 0 aliphatic heterocycles. The molecule has 0 saturated heterocycles. The molecule has 0 saturated carbocycles. The fraction of sp³-hybridized carbons (Fsp3) is 0.214. The molecule has 1 aromatic heterocycles. The molecule has 0 spiro atoms. The van der Waals surface area contributed by atoms with E-state index in [0.717, 1.165) is 22.6 Å².